The van der Waals surface area contributed by atoms with Gasteiger partial charge < -0.3 is 9.47 Å². The maximum atomic E-state index is 10.8. The van der Waals surface area contributed by atoms with E-state index in [1.54, 1.807) is 13.8 Å². The van der Waals surface area contributed by atoms with Gasteiger partial charge in [-0.2, -0.15) is 0 Å². The van der Waals surface area contributed by atoms with Gasteiger partial charge in [-0.1, -0.05) is 0 Å². The molecule has 4 nitrogen and oxygen atoms in total. The van der Waals surface area contributed by atoms with Gasteiger partial charge in [0.2, 0.25) is 0 Å². The number of hydrogen-bond acceptors (Lipinski definition) is 4. The van der Waals surface area contributed by atoms with Gasteiger partial charge in [0.15, 0.2) is 0 Å². The first-order valence-electron chi connectivity index (χ1n) is 4.50. The zero-order valence-electron chi connectivity index (χ0n) is 8.66. The van der Waals surface area contributed by atoms with Crippen molar-refractivity contribution in [2.45, 2.75) is 32.5 Å². The summed E-state index contributed by atoms with van der Waals surface area (Å²) in [6.07, 6.45) is -0.255. The number of hydrogen-bond donors (Lipinski definition) is 0. The first kappa shape index (κ1) is 14.5. The van der Waals surface area contributed by atoms with E-state index in [-0.39, 0.29) is 24.0 Å². The van der Waals surface area contributed by atoms with Crippen molar-refractivity contribution in [2.75, 3.05) is 11.8 Å². The van der Waals surface area contributed by atoms with Crippen molar-refractivity contribution in [3.05, 3.63) is 0 Å². The largest absolute Gasteiger partial charge is 0.462 e. The number of ether oxygens (including phenoxy) is 2. The van der Waals surface area contributed by atoms with Gasteiger partial charge in [0.1, 0.15) is 24.0 Å². The molecule has 0 saturated carbocycles. The summed E-state index contributed by atoms with van der Waals surface area (Å²) < 4.78 is 9.78. The summed E-state index contributed by atoms with van der Waals surface area (Å²) in [5, 5.41) is 0. The summed E-state index contributed by atoms with van der Waals surface area (Å²) in [5.41, 5.74) is 0. The maximum absolute atomic E-state index is 10.8. The van der Waals surface area contributed by atoms with E-state index in [0.717, 1.165) is 0 Å². The molecule has 0 spiro atoms. The summed E-state index contributed by atoms with van der Waals surface area (Å²) in [6, 6.07) is 0. The molecule has 0 rings (SSSR count). The second-order valence-corrected chi connectivity index (χ2v) is 3.64. The molecule has 0 aliphatic carbocycles. The van der Waals surface area contributed by atoms with Gasteiger partial charge in [0.05, 0.1) is 0 Å². The van der Waals surface area contributed by atoms with Crippen LogP contribution < -0.4 is 0 Å². The molecule has 0 amide bonds. The topological polar surface area (TPSA) is 52.6 Å². The van der Waals surface area contributed by atoms with E-state index in [4.69, 9.17) is 32.7 Å². The lowest BCUT2D eigenvalue weighted by atomic mass is 10.2. The van der Waals surface area contributed by atoms with Crippen LogP contribution in [0.4, 0.5) is 0 Å². The number of alkyl halides is 2. The molecule has 0 saturated heterocycles. The van der Waals surface area contributed by atoms with Crippen LogP contribution in [0.2, 0.25) is 0 Å². The quantitative estimate of drug-likeness (QED) is 0.537. The zero-order chi connectivity index (χ0) is 11.8. The monoisotopic (exact) mass is 256 g/mol. The van der Waals surface area contributed by atoms with E-state index in [0.29, 0.717) is 6.42 Å². The molecule has 15 heavy (non-hydrogen) atoms. The van der Waals surface area contributed by atoms with E-state index in [1.165, 1.54) is 0 Å². The fourth-order valence-electron chi connectivity index (χ4n) is 1.08. The van der Waals surface area contributed by atoms with Gasteiger partial charge in [0.25, 0.3) is 0 Å². The number of carbonyl (C=O) groups excluding carboxylic acids is 2. The zero-order valence-corrected chi connectivity index (χ0v) is 10.2. The molecule has 0 bridgehead atoms. The lowest BCUT2D eigenvalue weighted by molar-refractivity contribution is -0.150. The highest BCUT2D eigenvalue weighted by Gasteiger charge is 2.15. The number of halogens is 2. The molecule has 0 aliphatic rings. The van der Waals surface area contributed by atoms with Crippen LogP contribution in [0.3, 0.4) is 0 Å². The molecular weight excluding hydrogens is 243 g/mol. The van der Waals surface area contributed by atoms with Crippen molar-refractivity contribution in [2.24, 2.45) is 0 Å². The normalized spacial score (nSPS) is 14.1. The van der Waals surface area contributed by atoms with Crippen LogP contribution >= 0.6 is 23.2 Å². The van der Waals surface area contributed by atoms with Crippen LogP contribution in [-0.4, -0.2) is 35.9 Å². The van der Waals surface area contributed by atoms with E-state index >= 15 is 0 Å². The van der Waals surface area contributed by atoms with E-state index in [2.05, 4.69) is 0 Å². The highest BCUT2D eigenvalue weighted by Crippen LogP contribution is 2.07. The van der Waals surface area contributed by atoms with Crippen molar-refractivity contribution in [1.29, 1.82) is 0 Å². The molecule has 2 unspecified atom stereocenters. The van der Waals surface area contributed by atoms with Crippen LogP contribution in [-0.2, 0) is 19.1 Å². The molecule has 0 aromatic rings. The minimum Gasteiger partial charge on any atom is -0.462 e. The Bertz CT molecular complexity index is 198. The molecule has 6 heteroatoms. The predicted molar refractivity (Wildman–Crippen MR) is 57.2 cm³/mol. The Morgan fingerprint density at radius 3 is 1.60 bits per heavy atom. The third-order valence-electron chi connectivity index (χ3n) is 1.55. The Balaban J connectivity index is 3.80. The summed E-state index contributed by atoms with van der Waals surface area (Å²) >= 11 is 10.5. The lowest BCUT2D eigenvalue weighted by Gasteiger charge is -2.17. The van der Waals surface area contributed by atoms with Crippen LogP contribution in [0.5, 0.6) is 0 Å². The molecule has 2 atom stereocenters. The molecule has 0 radical (unpaired) electrons. The lowest BCUT2D eigenvalue weighted by Crippen LogP contribution is -2.24. The molecule has 0 fully saturated rings. The van der Waals surface area contributed by atoms with Crippen molar-refractivity contribution < 1.29 is 19.1 Å². The average molecular weight is 257 g/mol. The maximum Gasteiger partial charge on any atom is 0.321 e. The van der Waals surface area contributed by atoms with Crippen molar-refractivity contribution >= 4 is 35.1 Å². The number of carbonyl (C=O) groups is 2. The van der Waals surface area contributed by atoms with Gasteiger partial charge in [0, 0.05) is 6.42 Å². The Kier molecular flexibility index (Phi) is 7.52. The van der Waals surface area contributed by atoms with Gasteiger partial charge in [-0.25, -0.2) is 0 Å². The summed E-state index contributed by atoms with van der Waals surface area (Å²) in [4.78, 5) is 21.6. The van der Waals surface area contributed by atoms with Crippen molar-refractivity contribution in [3.8, 4) is 0 Å². The molecule has 88 valence electrons. The van der Waals surface area contributed by atoms with Crippen LogP contribution in [0.15, 0.2) is 0 Å². The number of rotatable bonds is 6. The average Bonchev–Trinajstić information content (AvgIpc) is 2.16. The summed E-state index contributed by atoms with van der Waals surface area (Å²) in [7, 11) is 0. The Hall–Kier alpha value is -0.480. The SMILES string of the molecule is CC(CC(C)OC(=O)CCl)OC(=O)CCl. The van der Waals surface area contributed by atoms with E-state index in [1.807, 2.05) is 0 Å². The Morgan fingerprint density at radius 2 is 1.33 bits per heavy atom. The fraction of sp³-hybridized carbons (Fsp3) is 0.778. The van der Waals surface area contributed by atoms with E-state index in [9.17, 15) is 9.59 Å². The molecule has 0 aliphatic heterocycles. The van der Waals surface area contributed by atoms with Crippen LogP contribution in [0, 0.1) is 0 Å². The van der Waals surface area contributed by atoms with Crippen molar-refractivity contribution in [3.63, 3.8) is 0 Å². The van der Waals surface area contributed by atoms with Gasteiger partial charge in [-0.15, -0.1) is 23.2 Å². The van der Waals surface area contributed by atoms with Gasteiger partial charge in [-0.05, 0) is 13.8 Å². The Labute approximate surface area is 98.8 Å². The summed E-state index contributed by atoms with van der Waals surface area (Å²) in [6.45, 7) is 3.41. The standard InChI is InChI=1S/C9H14Cl2O4/c1-6(14-8(12)4-10)3-7(2)15-9(13)5-11/h6-7H,3-5H2,1-2H3. The Morgan fingerprint density at radius 1 is 1.00 bits per heavy atom. The molecular formula is C9H14Cl2O4. The highest BCUT2D eigenvalue weighted by atomic mass is 35.5. The first-order chi connectivity index (χ1) is 6.99. The van der Waals surface area contributed by atoms with Gasteiger partial charge >= 0.3 is 11.9 Å². The number of esters is 2. The molecule has 0 heterocycles. The molecule has 0 aromatic heterocycles. The second-order valence-electron chi connectivity index (χ2n) is 3.10. The van der Waals surface area contributed by atoms with Crippen LogP contribution in [0.1, 0.15) is 20.3 Å². The highest BCUT2D eigenvalue weighted by molar-refractivity contribution is 6.26. The fourth-order valence-corrected chi connectivity index (χ4v) is 1.20. The van der Waals surface area contributed by atoms with Crippen LogP contribution in [0.25, 0.3) is 0 Å². The third kappa shape index (κ3) is 7.45. The minimum atomic E-state index is -0.486. The predicted octanol–water partition coefficient (Wildman–Crippen LogP) is 1.72. The molecule has 0 aromatic carbocycles. The summed E-state index contributed by atoms with van der Waals surface area (Å²) in [5.74, 6) is -1.33. The second kappa shape index (κ2) is 7.77. The van der Waals surface area contributed by atoms with Crippen molar-refractivity contribution in [1.82, 2.24) is 0 Å². The first-order valence-corrected chi connectivity index (χ1v) is 5.57. The van der Waals surface area contributed by atoms with E-state index < -0.39 is 11.9 Å². The molecule has 0 N–H and O–H groups in total. The van der Waals surface area contributed by atoms with Gasteiger partial charge in [-0.3, -0.25) is 9.59 Å². The third-order valence-corrected chi connectivity index (χ3v) is 1.98. The smallest absolute Gasteiger partial charge is 0.321 e. The minimum absolute atomic E-state index is 0.180.